The maximum atomic E-state index is 12.7. The number of anilines is 1. The third-order valence-electron chi connectivity index (χ3n) is 5.07. The van der Waals surface area contributed by atoms with E-state index in [0.29, 0.717) is 21.7 Å². The summed E-state index contributed by atoms with van der Waals surface area (Å²) in [6, 6.07) is 19.6. The fourth-order valence-corrected chi connectivity index (χ4v) is 4.13. The van der Waals surface area contributed by atoms with Crippen LogP contribution in [0.25, 0.3) is 17.1 Å². The lowest BCUT2D eigenvalue weighted by Crippen LogP contribution is -2.15. The third-order valence-corrected chi connectivity index (χ3v) is 6.25. The topological polar surface area (TPSA) is 103 Å². The molecule has 1 heterocycles. The van der Waals surface area contributed by atoms with Gasteiger partial charge in [-0.25, -0.2) is 0 Å². The van der Waals surface area contributed by atoms with E-state index >= 15 is 0 Å². The standard InChI is InChI=1S/C24H20ClN5O3S/c1-15-3-10-19(11-4-15)29-23(17-6-8-18(25)9-7-17)27-28-24(29)34-14-22(31)26-21-13-20(30(32)33)12-5-16(21)2/h3-13H,14H2,1-2H3,(H,26,31). The molecular weight excluding hydrogens is 474 g/mol. The lowest BCUT2D eigenvalue weighted by atomic mass is 10.2. The molecule has 0 unspecified atom stereocenters. The Bertz CT molecular complexity index is 1350. The quantitative estimate of drug-likeness (QED) is 0.197. The van der Waals surface area contributed by atoms with Gasteiger partial charge in [-0.05, 0) is 55.8 Å². The molecule has 0 saturated carbocycles. The van der Waals surface area contributed by atoms with Gasteiger partial charge in [-0.3, -0.25) is 19.5 Å². The number of aromatic nitrogens is 3. The molecule has 1 amide bonds. The summed E-state index contributed by atoms with van der Waals surface area (Å²) in [5.74, 6) is 0.366. The monoisotopic (exact) mass is 493 g/mol. The second-order valence-corrected chi connectivity index (χ2v) is 8.96. The van der Waals surface area contributed by atoms with Crippen LogP contribution in [0.15, 0.2) is 71.9 Å². The van der Waals surface area contributed by atoms with Crippen LogP contribution >= 0.6 is 23.4 Å². The van der Waals surface area contributed by atoms with Gasteiger partial charge in [0, 0.05) is 28.4 Å². The maximum absolute atomic E-state index is 12.7. The molecule has 0 aliphatic rings. The summed E-state index contributed by atoms with van der Waals surface area (Å²) in [4.78, 5) is 23.2. The van der Waals surface area contributed by atoms with Gasteiger partial charge in [-0.1, -0.05) is 47.1 Å². The molecule has 0 spiro atoms. The molecule has 0 saturated heterocycles. The number of nitro benzene ring substituents is 1. The van der Waals surface area contributed by atoms with Crippen molar-refractivity contribution in [3.63, 3.8) is 0 Å². The van der Waals surface area contributed by atoms with Crippen LogP contribution in [0.4, 0.5) is 11.4 Å². The lowest BCUT2D eigenvalue weighted by Gasteiger charge is -2.11. The average Bonchev–Trinajstić information content (AvgIpc) is 3.24. The zero-order valence-electron chi connectivity index (χ0n) is 18.4. The molecule has 0 aliphatic heterocycles. The number of nitrogens with one attached hydrogen (secondary N) is 1. The molecule has 0 bridgehead atoms. The fraction of sp³-hybridized carbons (Fsp3) is 0.125. The van der Waals surface area contributed by atoms with E-state index in [0.717, 1.165) is 22.4 Å². The number of carbonyl (C=O) groups excluding carboxylic acids is 1. The Hall–Kier alpha value is -3.69. The molecule has 0 radical (unpaired) electrons. The van der Waals surface area contributed by atoms with Gasteiger partial charge < -0.3 is 5.32 Å². The van der Waals surface area contributed by atoms with E-state index < -0.39 is 4.92 Å². The van der Waals surface area contributed by atoms with E-state index in [1.165, 1.54) is 23.9 Å². The van der Waals surface area contributed by atoms with E-state index in [9.17, 15) is 14.9 Å². The first-order valence-corrected chi connectivity index (χ1v) is 11.6. The Kier molecular flexibility index (Phi) is 6.95. The van der Waals surface area contributed by atoms with Crippen LogP contribution in [0, 0.1) is 24.0 Å². The summed E-state index contributed by atoms with van der Waals surface area (Å²) in [6.07, 6.45) is 0. The third kappa shape index (κ3) is 5.27. The number of hydrogen-bond donors (Lipinski definition) is 1. The second-order valence-electron chi connectivity index (χ2n) is 7.58. The second kappa shape index (κ2) is 10.1. The molecule has 1 N–H and O–H groups in total. The largest absolute Gasteiger partial charge is 0.325 e. The molecule has 0 fully saturated rings. The first kappa shape index (κ1) is 23.5. The number of thioether (sulfide) groups is 1. The Morgan fingerprint density at radius 2 is 1.76 bits per heavy atom. The smallest absolute Gasteiger partial charge is 0.271 e. The molecule has 10 heteroatoms. The Morgan fingerprint density at radius 3 is 2.44 bits per heavy atom. The normalized spacial score (nSPS) is 10.8. The Balaban J connectivity index is 1.59. The van der Waals surface area contributed by atoms with Gasteiger partial charge in [-0.2, -0.15) is 0 Å². The molecule has 4 rings (SSSR count). The predicted molar refractivity (Wildman–Crippen MR) is 134 cm³/mol. The molecule has 4 aromatic rings. The number of nitrogens with zero attached hydrogens (tertiary/aromatic N) is 4. The van der Waals surface area contributed by atoms with Crippen molar-refractivity contribution in [3.8, 4) is 17.1 Å². The summed E-state index contributed by atoms with van der Waals surface area (Å²) < 4.78 is 1.89. The van der Waals surface area contributed by atoms with Crippen LogP contribution in [0.2, 0.25) is 5.02 Å². The lowest BCUT2D eigenvalue weighted by molar-refractivity contribution is -0.384. The van der Waals surface area contributed by atoms with E-state index in [4.69, 9.17) is 11.6 Å². The summed E-state index contributed by atoms with van der Waals surface area (Å²) in [5, 5.41) is 23.7. The van der Waals surface area contributed by atoms with Crippen molar-refractivity contribution in [2.45, 2.75) is 19.0 Å². The van der Waals surface area contributed by atoms with Crippen LogP contribution < -0.4 is 5.32 Å². The van der Waals surface area contributed by atoms with Gasteiger partial charge >= 0.3 is 0 Å². The van der Waals surface area contributed by atoms with Crippen molar-refractivity contribution in [1.29, 1.82) is 0 Å². The maximum Gasteiger partial charge on any atom is 0.271 e. The number of hydrogen-bond acceptors (Lipinski definition) is 6. The number of halogens is 1. The van der Waals surface area contributed by atoms with Crippen LogP contribution in [-0.2, 0) is 4.79 Å². The molecule has 0 atom stereocenters. The summed E-state index contributed by atoms with van der Waals surface area (Å²) in [7, 11) is 0. The predicted octanol–water partition coefficient (Wildman–Crippen LogP) is 5.84. The van der Waals surface area contributed by atoms with Gasteiger partial charge in [0.25, 0.3) is 5.69 Å². The highest BCUT2D eigenvalue weighted by molar-refractivity contribution is 7.99. The van der Waals surface area contributed by atoms with Gasteiger partial charge in [0.2, 0.25) is 5.91 Å². The fourth-order valence-electron chi connectivity index (χ4n) is 3.25. The number of amides is 1. The molecular formula is C24H20ClN5O3S. The first-order chi connectivity index (χ1) is 16.3. The van der Waals surface area contributed by atoms with Crippen LogP contribution in [-0.4, -0.2) is 31.3 Å². The van der Waals surface area contributed by atoms with Gasteiger partial charge in [0.05, 0.1) is 16.4 Å². The van der Waals surface area contributed by atoms with E-state index in [1.54, 1.807) is 25.1 Å². The average molecular weight is 494 g/mol. The van der Waals surface area contributed by atoms with Gasteiger partial charge in [0.15, 0.2) is 11.0 Å². The van der Waals surface area contributed by atoms with E-state index in [2.05, 4.69) is 15.5 Å². The summed E-state index contributed by atoms with van der Waals surface area (Å²) in [6.45, 7) is 3.78. The zero-order chi connectivity index (χ0) is 24.2. The number of rotatable bonds is 7. The molecule has 172 valence electrons. The van der Waals surface area contributed by atoms with E-state index in [-0.39, 0.29) is 17.3 Å². The molecule has 8 nitrogen and oxygen atoms in total. The van der Waals surface area contributed by atoms with E-state index in [1.807, 2.05) is 47.9 Å². The molecule has 3 aromatic carbocycles. The highest BCUT2D eigenvalue weighted by atomic mass is 35.5. The number of aryl methyl sites for hydroxylation is 2. The molecule has 34 heavy (non-hydrogen) atoms. The minimum atomic E-state index is -0.494. The zero-order valence-corrected chi connectivity index (χ0v) is 19.9. The van der Waals surface area contributed by atoms with Gasteiger partial charge in [-0.15, -0.1) is 10.2 Å². The molecule has 1 aromatic heterocycles. The highest BCUT2D eigenvalue weighted by Crippen LogP contribution is 2.29. The highest BCUT2D eigenvalue weighted by Gasteiger charge is 2.18. The van der Waals surface area contributed by atoms with Crippen molar-refractivity contribution >= 4 is 40.6 Å². The number of nitro groups is 1. The van der Waals surface area contributed by atoms with Crippen molar-refractivity contribution in [2.24, 2.45) is 0 Å². The van der Waals surface area contributed by atoms with Crippen LogP contribution in [0.3, 0.4) is 0 Å². The van der Waals surface area contributed by atoms with Crippen molar-refractivity contribution < 1.29 is 9.72 Å². The Morgan fingerprint density at radius 1 is 1.06 bits per heavy atom. The first-order valence-electron chi connectivity index (χ1n) is 10.3. The minimum absolute atomic E-state index is 0.0484. The summed E-state index contributed by atoms with van der Waals surface area (Å²) in [5.41, 5.74) is 3.86. The SMILES string of the molecule is Cc1ccc(-n2c(SCC(=O)Nc3cc([N+](=O)[O-])ccc3C)nnc2-c2ccc(Cl)cc2)cc1. The van der Waals surface area contributed by atoms with Crippen LogP contribution in [0.1, 0.15) is 11.1 Å². The minimum Gasteiger partial charge on any atom is -0.325 e. The van der Waals surface area contributed by atoms with Gasteiger partial charge in [0.1, 0.15) is 0 Å². The number of non-ortho nitro benzene ring substituents is 1. The Labute approximate surface area is 205 Å². The number of benzene rings is 3. The van der Waals surface area contributed by atoms with Crippen molar-refractivity contribution in [3.05, 3.63) is 93.0 Å². The number of carbonyl (C=O) groups is 1. The van der Waals surface area contributed by atoms with Crippen LogP contribution in [0.5, 0.6) is 0 Å². The van der Waals surface area contributed by atoms with Crippen molar-refractivity contribution in [2.75, 3.05) is 11.1 Å². The summed E-state index contributed by atoms with van der Waals surface area (Å²) >= 11 is 7.26. The van der Waals surface area contributed by atoms with Crippen molar-refractivity contribution in [1.82, 2.24) is 14.8 Å². The molecule has 0 aliphatic carbocycles.